The van der Waals surface area contributed by atoms with Gasteiger partial charge in [-0.1, -0.05) is 96.3 Å². The molecule has 0 saturated heterocycles. The van der Waals surface area contributed by atoms with Crippen molar-refractivity contribution >= 4 is 40.0 Å². The maximum Gasteiger partial charge on any atom is 0.338 e. The first-order chi connectivity index (χ1) is 23.5. The molecule has 0 amide bonds. The van der Waals surface area contributed by atoms with Gasteiger partial charge in [0.25, 0.3) is 5.56 Å². The van der Waals surface area contributed by atoms with Crippen LogP contribution in [0.2, 0.25) is 0 Å². The van der Waals surface area contributed by atoms with Gasteiger partial charge in [-0.15, -0.1) is 0 Å². The minimum absolute atomic E-state index is 0.167. The average Bonchev–Trinajstić information content (AvgIpc) is 3.63. The van der Waals surface area contributed by atoms with Gasteiger partial charge in [-0.05, 0) is 42.3 Å². The van der Waals surface area contributed by atoms with Crippen molar-refractivity contribution in [3.8, 4) is 11.5 Å². The molecule has 2 aromatic heterocycles. The van der Waals surface area contributed by atoms with E-state index in [2.05, 4.69) is 35.0 Å². The Morgan fingerprint density at radius 1 is 0.896 bits per heavy atom. The monoisotopic (exact) mass is 655 g/mol. The molecule has 9 heteroatoms. The Bertz CT molecular complexity index is 2350. The predicted octanol–water partition coefficient (Wildman–Crippen LogP) is 5.96. The summed E-state index contributed by atoms with van der Waals surface area (Å²) >= 11 is 1.30. The highest BCUT2D eigenvalue weighted by molar-refractivity contribution is 7.07. The topological polar surface area (TPSA) is 84.1 Å². The first-order valence-corrected chi connectivity index (χ1v) is 16.4. The third-order valence-electron chi connectivity index (χ3n) is 8.40. The quantitative estimate of drug-likeness (QED) is 0.180. The number of aromatic nitrogens is 2. The highest BCUT2D eigenvalue weighted by atomic mass is 32.1. The Kier molecular flexibility index (Phi) is 8.52. The second-order valence-corrected chi connectivity index (χ2v) is 12.3. The number of ether oxygens (including phenoxy) is 3. The van der Waals surface area contributed by atoms with E-state index in [4.69, 9.17) is 19.2 Å². The maximum absolute atomic E-state index is 14.5. The zero-order chi connectivity index (χ0) is 33.2. The summed E-state index contributed by atoms with van der Waals surface area (Å²) in [7, 11) is 3.12. The van der Waals surface area contributed by atoms with Gasteiger partial charge in [-0.25, -0.2) is 9.79 Å². The summed E-state index contributed by atoms with van der Waals surface area (Å²) in [5.41, 5.74) is 5.04. The first kappa shape index (κ1) is 31.0. The number of carbonyl (C=O) groups is 1. The van der Waals surface area contributed by atoms with Crippen LogP contribution in [-0.4, -0.2) is 35.9 Å². The van der Waals surface area contributed by atoms with E-state index in [0.717, 1.165) is 22.0 Å². The van der Waals surface area contributed by atoms with Crippen molar-refractivity contribution in [3.05, 3.63) is 157 Å². The maximum atomic E-state index is 14.5. The predicted molar refractivity (Wildman–Crippen MR) is 188 cm³/mol. The molecule has 48 heavy (non-hydrogen) atoms. The van der Waals surface area contributed by atoms with Gasteiger partial charge in [0, 0.05) is 34.8 Å². The molecule has 240 valence electrons. The Balaban J connectivity index is 1.47. The van der Waals surface area contributed by atoms with Gasteiger partial charge < -0.3 is 18.8 Å². The Morgan fingerprint density at radius 2 is 1.60 bits per heavy atom. The molecule has 3 heterocycles. The zero-order valence-electron chi connectivity index (χ0n) is 26.8. The molecule has 0 bridgehead atoms. The van der Waals surface area contributed by atoms with Crippen molar-refractivity contribution in [2.75, 3.05) is 20.8 Å². The molecule has 0 saturated carbocycles. The molecule has 0 fully saturated rings. The smallest absolute Gasteiger partial charge is 0.338 e. The van der Waals surface area contributed by atoms with Gasteiger partial charge >= 0.3 is 5.97 Å². The highest BCUT2D eigenvalue weighted by Crippen LogP contribution is 2.38. The van der Waals surface area contributed by atoms with Gasteiger partial charge in [-0.3, -0.25) is 9.36 Å². The lowest BCUT2D eigenvalue weighted by atomic mass is 9.93. The van der Waals surface area contributed by atoms with Crippen LogP contribution in [0.25, 0.3) is 22.7 Å². The second-order valence-electron chi connectivity index (χ2n) is 11.3. The van der Waals surface area contributed by atoms with E-state index in [1.54, 1.807) is 37.8 Å². The van der Waals surface area contributed by atoms with Crippen LogP contribution in [-0.2, 0) is 16.1 Å². The highest BCUT2D eigenvalue weighted by Gasteiger charge is 2.35. The van der Waals surface area contributed by atoms with Crippen molar-refractivity contribution in [2.45, 2.75) is 19.5 Å². The lowest BCUT2D eigenvalue weighted by Gasteiger charge is -2.26. The fourth-order valence-electron chi connectivity index (χ4n) is 6.22. The number of esters is 1. The van der Waals surface area contributed by atoms with Gasteiger partial charge in [0.15, 0.2) is 16.3 Å². The van der Waals surface area contributed by atoms with Crippen LogP contribution < -0.4 is 24.4 Å². The van der Waals surface area contributed by atoms with Gasteiger partial charge in [-0.2, -0.15) is 0 Å². The van der Waals surface area contributed by atoms with E-state index in [1.165, 1.54) is 16.9 Å². The number of fused-ring (bicyclic) bond motifs is 2. The minimum atomic E-state index is -0.836. The Hall–Kier alpha value is -5.67. The van der Waals surface area contributed by atoms with Crippen molar-refractivity contribution in [1.29, 1.82) is 0 Å². The number of rotatable bonds is 9. The summed E-state index contributed by atoms with van der Waals surface area (Å²) < 4.78 is 21.0. The van der Waals surface area contributed by atoms with Crippen LogP contribution in [0.1, 0.15) is 35.2 Å². The summed E-state index contributed by atoms with van der Waals surface area (Å²) in [4.78, 5) is 33.8. The van der Waals surface area contributed by atoms with E-state index >= 15 is 0 Å². The lowest BCUT2D eigenvalue weighted by Crippen LogP contribution is -2.40. The normalized spacial score (nSPS) is 14.5. The molecule has 0 N–H and O–H groups in total. The minimum Gasteiger partial charge on any atom is -0.493 e. The molecule has 0 spiro atoms. The molecule has 0 aliphatic carbocycles. The summed E-state index contributed by atoms with van der Waals surface area (Å²) in [5.74, 6) is 0.466. The van der Waals surface area contributed by atoms with E-state index in [-0.39, 0.29) is 17.7 Å². The van der Waals surface area contributed by atoms with E-state index in [1.807, 2.05) is 72.8 Å². The van der Waals surface area contributed by atoms with Crippen molar-refractivity contribution < 1.29 is 19.0 Å². The van der Waals surface area contributed by atoms with Crippen LogP contribution >= 0.6 is 11.3 Å². The Labute approximate surface area is 281 Å². The van der Waals surface area contributed by atoms with Crippen LogP contribution in [0.4, 0.5) is 0 Å². The average molecular weight is 656 g/mol. The molecule has 4 aromatic carbocycles. The standard InChI is InChI=1S/C39H33N3O5S/c1-4-47-38(44)34-35(26-15-9-6-10-16-26)40-39-42(36(34)27-19-20-31(45-2)32(21-27)46-3)37(43)33(48-39)22-28-24-41(23-25-13-7-5-8-14-25)30-18-12-11-17-29(28)30/h5-22,24,36H,4,23H2,1-3H3/b33-22-/t36-/m1/s1. The fraction of sp³-hybridized carbons (Fsp3) is 0.154. The summed E-state index contributed by atoms with van der Waals surface area (Å²) in [6.07, 6.45) is 4.01. The number of thiazole rings is 1. The largest absolute Gasteiger partial charge is 0.493 e. The number of nitrogens with zero attached hydrogens (tertiary/aromatic N) is 3. The number of para-hydroxylation sites is 1. The fourth-order valence-corrected chi connectivity index (χ4v) is 7.21. The van der Waals surface area contributed by atoms with E-state index in [9.17, 15) is 9.59 Å². The van der Waals surface area contributed by atoms with Crippen molar-refractivity contribution in [1.82, 2.24) is 9.13 Å². The number of hydrogen-bond acceptors (Lipinski definition) is 7. The SMILES string of the molecule is CCOC(=O)C1=C(c2ccccc2)N=c2s/c(=C\c3cn(Cc4ccccc4)c4ccccc34)c(=O)n2[C@@H]1c1ccc(OC)c(OC)c1. The van der Waals surface area contributed by atoms with Crippen LogP contribution in [0, 0.1) is 0 Å². The van der Waals surface area contributed by atoms with Crippen molar-refractivity contribution in [3.63, 3.8) is 0 Å². The van der Waals surface area contributed by atoms with E-state index < -0.39 is 12.0 Å². The van der Waals surface area contributed by atoms with E-state index in [0.29, 0.717) is 38.6 Å². The Morgan fingerprint density at radius 3 is 2.33 bits per heavy atom. The molecule has 1 aliphatic heterocycles. The summed E-state index contributed by atoms with van der Waals surface area (Å²) in [6.45, 7) is 2.62. The van der Waals surface area contributed by atoms with Gasteiger partial charge in [0.2, 0.25) is 0 Å². The molecular formula is C39H33N3O5S. The third-order valence-corrected chi connectivity index (χ3v) is 9.38. The zero-order valence-corrected chi connectivity index (χ0v) is 27.6. The molecule has 0 unspecified atom stereocenters. The van der Waals surface area contributed by atoms with Crippen LogP contribution in [0.15, 0.2) is 125 Å². The molecule has 6 aromatic rings. The van der Waals surface area contributed by atoms with Gasteiger partial charge in [0.1, 0.15) is 0 Å². The number of carbonyl (C=O) groups excluding carboxylic acids is 1. The molecule has 8 nitrogen and oxygen atoms in total. The second kappa shape index (κ2) is 13.2. The number of hydrogen-bond donors (Lipinski definition) is 0. The van der Waals surface area contributed by atoms with Crippen LogP contribution in [0.5, 0.6) is 11.5 Å². The van der Waals surface area contributed by atoms with Crippen LogP contribution in [0.3, 0.4) is 0 Å². The summed E-state index contributed by atoms with van der Waals surface area (Å²) in [6, 6.07) is 32.5. The molecule has 1 aliphatic rings. The molecule has 0 radical (unpaired) electrons. The lowest BCUT2D eigenvalue weighted by molar-refractivity contribution is -0.138. The first-order valence-electron chi connectivity index (χ1n) is 15.6. The summed E-state index contributed by atoms with van der Waals surface area (Å²) in [5, 5.41) is 1.04. The number of methoxy groups -OCH3 is 2. The molecule has 1 atom stereocenters. The molecule has 7 rings (SSSR count). The van der Waals surface area contributed by atoms with Gasteiger partial charge in [0.05, 0.1) is 42.7 Å². The number of benzene rings is 4. The van der Waals surface area contributed by atoms with Crippen molar-refractivity contribution in [2.24, 2.45) is 4.99 Å². The third kappa shape index (κ3) is 5.62. The molecular weight excluding hydrogens is 623 g/mol.